The number of hydrogen-bond donors (Lipinski definition) is 2. The molecule has 0 aliphatic carbocycles. The first-order chi connectivity index (χ1) is 8.08. The predicted molar refractivity (Wildman–Crippen MR) is 67.9 cm³/mol. The molecule has 0 aromatic carbocycles. The van der Waals surface area contributed by atoms with Gasteiger partial charge in [-0.25, -0.2) is 0 Å². The maximum Gasteiger partial charge on any atom is 0.250 e. The Morgan fingerprint density at radius 2 is 2.18 bits per heavy atom. The van der Waals surface area contributed by atoms with Crippen molar-refractivity contribution in [2.24, 2.45) is 5.73 Å². The van der Waals surface area contributed by atoms with Crippen LogP contribution in [-0.4, -0.2) is 16.5 Å². The highest BCUT2D eigenvalue weighted by atomic mass is 16.2. The van der Waals surface area contributed by atoms with Crippen LogP contribution in [0.5, 0.6) is 0 Å². The Morgan fingerprint density at radius 3 is 2.76 bits per heavy atom. The van der Waals surface area contributed by atoms with Crippen LogP contribution in [0.1, 0.15) is 26.7 Å². The van der Waals surface area contributed by atoms with E-state index in [0.29, 0.717) is 18.7 Å². The second kappa shape index (κ2) is 6.20. The molecule has 1 atom stereocenters. The summed E-state index contributed by atoms with van der Waals surface area (Å²) in [6, 6.07) is 2.53. The monoisotopic (exact) mass is 237 g/mol. The molecular weight excluding hydrogens is 218 g/mol. The molecule has 1 amide bonds. The molecule has 0 radical (unpaired) electrons. The molecule has 1 heterocycles. The fourth-order valence-corrected chi connectivity index (χ4v) is 1.44. The lowest BCUT2D eigenvalue weighted by Crippen LogP contribution is -2.35. The van der Waals surface area contributed by atoms with Crippen LogP contribution in [0.3, 0.4) is 0 Å². The lowest BCUT2D eigenvalue weighted by atomic mass is 10.2. The van der Waals surface area contributed by atoms with E-state index in [0.717, 1.165) is 6.42 Å². The van der Waals surface area contributed by atoms with Crippen molar-refractivity contribution in [3.63, 3.8) is 0 Å². The standard InChI is InChI=1S/C12H19N3O2/c1-3-7-15-8-9(5-6-11(15)16)14-12(17)10(13)4-2/h5-6,8,10H,3-4,7,13H2,1-2H3,(H,14,17)/t10-/m1/s1. The molecule has 17 heavy (non-hydrogen) atoms. The fourth-order valence-electron chi connectivity index (χ4n) is 1.44. The molecule has 0 fully saturated rings. The normalized spacial score (nSPS) is 12.2. The highest BCUT2D eigenvalue weighted by molar-refractivity contribution is 5.94. The fraction of sp³-hybridized carbons (Fsp3) is 0.500. The van der Waals surface area contributed by atoms with Gasteiger partial charge in [-0.2, -0.15) is 0 Å². The van der Waals surface area contributed by atoms with Gasteiger partial charge in [0.15, 0.2) is 0 Å². The molecular formula is C12H19N3O2. The van der Waals surface area contributed by atoms with Crippen LogP contribution >= 0.6 is 0 Å². The van der Waals surface area contributed by atoms with E-state index in [4.69, 9.17) is 5.73 Å². The van der Waals surface area contributed by atoms with Crippen molar-refractivity contribution in [1.29, 1.82) is 0 Å². The molecule has 0 spiro atoms. The van der Waals surface area contributed by atoms with E-state index in [9.17, 15) is 9.59 Å². The van der Waals surface area contributed by atoms with Crippen molar-refractivity contribution in [2.75, 3.05) is 5.32 Å². The number of aryl methyl sites for hydroxylation is 1. The molecule has 1 rings (SSSR count). The van der Waals surface area contributed by atoms with Crippen LogP contribution in [0.25, 0.3) is 0 Å². The zero-order valence-electron chi connectivity index (χ0n) is 10.3. The summed E-state index contributed by atoms with van der Waals surface area (Å²) in [5.41, 5.74) is 6.15. The lowest BCUT2D eigenvalue weighted by Gasteiger charge is -2.11. The molecule has 3 N–H and O–H groups in total. The van der Waals surface area contributed by atoms with Gasteiger partial charge in [0.1, 0.15) is 0 Å². The van der Waals surface area contributed by atoms with Crippen molar-refractivity contribution in [3.8, 4) is 0 Å². The Labute approximate surface area is 101 Å². The van der Waals surface area contributed by atoms with Crippen LogP contribution in [0.4, 0.5) is 5.69 Å². The summed E-state index contributed by atoms with van der Waals surface area (Å²) in [7, 11) is 0. The third-order valence-electron chi connectivity index (χ3n) is 2.49. The van der Waals surface area contributed by atoms with Gasteiger partial charge >= 0.3 is 0 Å². The minimum atomic E-state index is -0.512. The smallest absolute Gasteiger partial charge is 0.250 e. The number of nitrogens with zero attached hydrogens (tertiary/aromatic N) is 1. The van der Waals surface area contributed by atoms with Crippen molar-refractivity contribution in [3.05, 3.63) is 28.7 Å². The van der Waals surface area contributed by atoms with E-state index >= 15 is 0 Å². The number of pyridine rings is 1. The van der Waals surface area contributed by atoms with Crippen LogP contribution in [0, 0.1) is 0 Å². The van der Waals surface area contributed by atoms with Gasteiger partial charge in [0.05, 0.1) is 11.7 Å². The Bertz CT molecular complexity index is 440. The minimum absolute atomic E-state index is 0.0651. The molecule has 1 aromatic rings. The Hall–Kier alpha value is -1.62. The summed E-state index contributed by atoms with van der Waals surface area (Å²) in [6.45, 7) is 4.48. The largest absolute Gasteiger partial charge is 0.323 e. The summed E-state index contributed by atoms with van der Waals surface area (Å²) in [5.74, 6) is -0.228. The number of anilines is 1. The molecule has 1 aromatic heterocycles. The summed E-state index contributed by atoms with van der Waals surface area (Å²) >= 11 is 0. The SMILES string of the molecule is CCCn1cc(NC(=O)[C@H](N)CC)ccc1=O. The molecule has 0 saturated heterocycles. The van der Waals surface area contributed by atoms with Gasteiger partial charge < -0.3 is 15.6 Å². The van der Waals surface area contributed by atoms with Crippen LogP contribution in [-0.2, 0) is 11.3 Å². The maximum atomic E-state index is 11.6. The number of carbonyl (C=O) groups excluding carboxylic acids is 1. The molecule has 0 aliphatic rings. The molecule has 0 saturated carbocycles. The zero-order valence-corrected chi connectivity index (χ0v) is 10.3. The summed E-state index contributed by atoms with van der Waals surface area (Å²) in [5, 5.41) is 2.69. The number of hydrogen-bond acceptors (Lipinski definition) is 3. The van der Waals surface area contributed by atoms with Crippen molar-refractivity contribution < 1.29 is 4.79 Å². The first-order valence-electron chi connectivity index (χ1n) is 5.85. The van der Waals surface area contributed by atoms with Gasteiger partial charge in [0, 0.05) is 18.8 Å². The first-order valence-corrected chi connectivity index (χ1v) is 5.85. The van der Waals surface area contributed by atoms with E-state index < -0.39 is 6.04 Å². The van der Waals surface area contributed by atoms with Crippen LogP contribution in [0.2, 0.25) is 0 Å². The maximum absolute atomic E-state index is 11.6. The van der Waals surface area contributed by atoms with Crippen molar-refractivity contribution in [2.45, 2.75) is 39.3 Å². The molecule has 5 nitrogen and oxygen atoms in total. The van der Waals surface area contributed by atoms with Gasteiger partial charge in [-0.15, -0.1) is 0 Å². The molecule has 94 valence electrons. The number of aromatic nitrogens is 1. The summed E-state index contributed by atoms with van der Waals surface area (Å²) in [4.78, 5) is 23.0. The third kappa shape index (κ3) is 3.71. The van der Waals surface area contributed by atoms with Gasteiger partial charge in [-0.3, -0.25) is 9.59 Å². The minimum Gasteiger partial charge on any atom is -0.323 e. The van der Waals surface area contributed by atoms with E-state index in [-0.39, 0.29) is 11.5 Å². The second-order valence-electron chi connectivity index (χ2n) is 3.95. The predicted octanol–water partition coefficient (Wildman–Crippen LogP) is 0.934. The number of nitrogens with two attached hydrogens (primary N) is 1. The molecule has 5 heteroatoms. The number of amides is 1. The van der Waals surface area contributed by atoms with E-state index in [1.165, 1.54) is 6.07 Å². The third-order valence-corrected chi connectivity index (χ3v) is 2.49. The quantitative estimate of drug-likeness (QED) is 0.800. The Kier molecular flexibility index (Phi) is 4.90. The Morgan fingerprint density at radius 1 is 1.47 bits per heavy atom. The van der Waals surface area contributed by atoms with E-state index in [1.54, 1.807) is 16.8 Å². The van der Waals surface area contributed by atoms with Gasteiger partial charge in [-0.1, -0.05) is 13.8 Å². The molecule has 0 unspecified atom stereocenters. The first kappa shape index (κ1) is 13.4. The average Bonchev–Trinajstić information content (AvgIpc) is 2.32. The number of carbonyl (C=O) groups is 1. The van der Waals surface area contributed by atoms with Gasteiger partial charge in [0.2, 0.25) is 5.91 Å². The van der Waals surface area contributed by atoms with Crippen molar-refractivity contribution >= 4 is 11.6 Å². The van der Waals surface area contributed by atoms with Crippen LogP contribution < -0.4 is 16.6 Å². The summed E-state index contributed by atoms with van der Waals surface area (Å²) in [6.07, 6.45) is 3.10. The molecule has 0 aliphatic heterocycles. The van der Waals surface area contributed by atoms with Crippen molar-refractivity contribution in [1.82, 2.24) is 4.57 Å². The summed E-state index contributed by atoms with van der Waals surface area (Å²) < 4.78 is 1.58. The zero-order chi connectivity index (χ0) is 12.8. The van der Waals surface area contributed by atoms with E-state index in [1.807, 2.05) is 13.8 Å². The average molecular weight is 237 g/mol. The van der Waals surface area contributed by atoms with E-state index in [2.05, 4.69) is 5.32 Å². The Balaban J connectivity index is 2.82. The second-order valence-corrected chi connectivity index (χ2v) is 3.95. The number of rotatable bonds is 5. The lowest BCUT2D eigenvalue weighted by molar-refractivity contribution is -0.117. The number of nitrogens with one attached hydrogen (secondary N) is 1. The highest BCUT2D eigenvalue weighted by Gasteiger charge is 2.11. The highest BCUT2D eigenvalue weighted by Crippen LogP contribution is 2.04. The topological polar surface area (TPSA) is 77.1 Å². The molecule has 0 bridgehead atoms. The van der Waals surface area contributed by atoms with Crippen LogP contribution in [0.15, 0.2) is 23.1 Å². The van der Waals surface area contributed by atoms with Gasteiger partial charge in [-0.05, 0) is 18.9 Å². The van der Waals surface area contributed by atoms with Gasteiger partial charge in [0.25, 0.3) is 5.56 Å².